The van der Waals surface area contributed by atoms with Gasteiger partial charge in [0, 0.05) is 5.69 Å². The Labute approximate surface area is 129 Å². The summed E-state index contributed by atoms with van der Waals surface area (Å²) >= 11 is 0. The highest BCUT2D eigenvalue weighted by Crippen LogP contribution is 2.30. The van der Waals surface area contributed by atoms with Gasteiger partial charge in [0.2, 0.25) is 11.9 Å². The molecule has 3 aromatic rings. The molecule has 3 rings (SSSR count). The van der Waals surface area contributed by atoms with E-state index in [9.17, 15) is 13.2 Å². The van der Waals surface area contributed by atoms with E-state index < -0.39 is 11.7 Å². The Hall–Kier alpha value is -3.03. The summed E-state index contributed by atoms with van der Waals surface area (Å²) in [5.41, 5.74) is 6.05. The van der Waals surface area contributed by atoms with Gasteiger partial charge in [0.15, 0.2) is 0 Å². The molecular weight excluding hydrogens is 307 g/mol. The van der Waals surface area contributed by atoms with Gasteiger partial charge in [0.05, 0.1) is 11.3 Å². The molecule has 2 aromatic carbocycles. The summed E-state index contributed by atoms with van der Waals surface area (Å²) < 4.78 is 39.2. The number of aromatic nitrogens is 3. The van der Waals surface area contributed by atoms with Crippen LogP contribution in [-0.2, 0) is 6.18 Å². The van der Waals surface area contributed by atoms with Gasteiger partial charge in [0.1, 0.15) is 0 Å². The summed E-state index contributed by atoms with van der Waals surface area (Å²) in [5.74, 6) is 0.330. The Kier molecular flexibility index (Phi) is 3.65. The summed E-state index contributed by atoms with van der Waals surface area (Å²) in [4.78, 5) is 4.05. The molecule has 0 amide bonds. The average molecular weight is 319 g/mol. The van der Waals surface area contributed by atoms with Crippen molar-refractivity contribution < 1.29 is 13.2 Å². The molecular formula is C15H12F3N5. The van der Waals surface area contributed by atoms with Crippen molar-refractivity contribution in [3.05, 3.63) is 60.2 Å². The lowest BCUT2D eigenvalue weighted by molar-refractivity contribution is -0.137. The number of nitrogen functional groups attached to an aromatic ring is 1. The van der Waals surface area contributed by atoms with Gasteiger partial charge in [0.25, 0.3) is 0 Å². The van der Waals surface area contributed by atoms with Crippen molar-refractivity contribution in [1.82, 2.24) is 14.8 Å². The number of rotatable bonds is 3. The third-order valence-corrected chi connectivity index (χ3v) is 3.09. The summed E-state index contributed by atoms with van der Waals surface area (Å²) in [7, 11) is 0. The number of halogens is 3. The maximum Gasteiger partial charge on any atom is 0.416 e. The number of nitrogens with one attached hydrogen (secondary N) is 1. The minimum atomic E-state index is -4.38. The molecule has 0 atom stereocenters. The van der Waals surface area contributed by atoms with Gasteiger partial charge in [-0.05, 0) is 36.4 Å². The second kappa shape index (κ2) is 5.64. The first-order valence-corrected chi connectivity index (χ1v) is 6.66. The number of anilines is 3. The highest BCUT2D eigenvalue weighted by atomic mass is 19.4. The predicted molar refractivity (Wildman–Crippen MR) is 80.5 cm³/mol. The first kappa shape index (κ1) is 14.9. The molecule has 0 saturated carbocycles. The van der Waals surface area contributed by atoms with Crippen LogP contribution < -0.4 is 11.1 Å². The molecule has 0 aliphatic rings. The van der Waals surface area contributed by atoms with Crippen molar-refractivity contribution in [3.8, 4) is 5.69 Å². The van der Waals surface area contributed by atoms with E-state index in [1.807, 2.05) is 30.3 Å². The van der Waals surface area contributed by atoms with Crippen LogP contribution in [0.1, 0.15) is 5.56 Å². The van der Waals surface area contributed by atoms with Crippen LogP contribution in [-0.4, -0.2) is 14.8 Å². The highest BCUT2D eigenvalue weighted by Gasteiger charge is 2.30. The molecule has 0 radical (unpaired) electrons. The van der Waals surface area contributed by atoms with E-state index in [2.05, 4.69) is 15.4 Å². The van der Waals surface area contributed by atoms with Gasteiger partial charge in [-0.25, -0.2) is 0 Å². The fourth-order valence-electron chi connectivity index (χ4n) is 2.03. The topological polar surface area (TPSA) is 68.8 Å². The van der Waals surface area contributed by atoms with Crippen LogP contribution in [0, 0.1) is 0 Å². The van der Waals surface area contributed by atoms with Crippen molar-refractivity contribution in [2.75, 3.05) is 11.1 Å². The molecule has 0 aliphatic heterocycles. The summed E-state index contributed by atoms with van der Waals surface area (Å²) in [6, 6.07) is 13.8. The third kappa shape index (κ3) is 3.25. The molecule has 5 nitrogen and oxygen atoms in total. The van der Waals surface area contributed by atoms with Gasteiger partial charge in [-0.1, -0.05) is 18.2 Å². The Morgan fingerprint density at radius 1 is 0.957 bits per heavy atom. The molecule has 0 saturated heterocycles. The standard InChI is InChI=1S/C15H12F3N5/c16-15(17,18)10-6-8-12(9-7-10)23-14(21-13(19)22-23)20-11-4-2-1-3-5-11/h1-9H,(H3,19,20,21,22). The fraction of sp³-hybridized carbons (Fsp3) is 0.0667. The average Bonchev–Trinajstić information content (AvgIpc) is 2.88. The molecule has 0 unspecified atom stereocenters. The van der Waals surface area contributed by atoms with Crippen molar-refractivity contribution in [2.45, 2.75) is 6.18 Å². The van der Waals surface area contributed by atoms with Crippen LogP contribution in [0.15, 0.2) is 54.6 Å². The number of alkyl halides is 3. The molecule has 8 heteroatoms. The molecule has 1 aromatic heterocycles. The molecule has 0 fully saturated rings. The molecule has 3 N–H and O–H groups in total. The number of para-hydroxylation sites is 1. The number of benzene rings is 2. The summed E-state index contributed by atoms with van der Waals surface area (Å²) in [6.45, 7) is 0. The summed E-state index contributed by atoms with van der Waals surface area (Å²) in [6.07, 6.45) is -4.38. The zero-order valence-electron chi connectivity index (χ0n) is 11.7. The number of hydrogen-bond donors (Lipinski definition) is 2. The molecule has 0 spiro atoms. The lowest BCUT2D eigenvalue weighted by Crippen LogP contribution is -2.07. The Morgan fingerprint density at radius 2 is 1.61 bits per heavy atom. The monoisotopic (exact) mass is 319 g/mol. The predicted octanol–water partition coefficient (Wildman–Crippen LogP) is 3.61. The first-order chi connectivity index (χ1) is 10.9. The largest absolute Gasteiger partial charge is 0.416 e. The van der Waals surface area contributed by atoms with E-state index in [0.717, 1.165) is 17.8 Å². The smallest absolute Gasteiger partial charge is 0.366 e. The van der Waals surface area contributed by atoms with Crippen molar-refractivity contribution in [2.24, 2.45) is 0 Å². The van der Waals surface area contributed by atoms with Crippen molar-refractivity contribution >= 4 is 17.6 Å². The van der Waals surface area contributed by atoms with E-state index in [1.165, 1.54) is 16.8 Å². The van der Waals surface area contributed by atoms with Crippen LogP contribution in [0.5, 0.6) is 0 Å². The number of nitrogens with two attached hydrogens (primary N) is 1. The van der Waals surface area contributed by atoms with Gasteiger partial charge >= 0.3 is 6.18 Å². The summed E-state index contributed by atoms with van der Waals surface area (Å²) in [5, 5.41) is 7.03. The maximum absolute atomic E-state index is 12.6. The molecule has 0 aliphatic carbocycles. The highest BCUT2D eigenvalue weighted by molar-refractivity contribution is 5.56. The maximum atomic E-state index is 12.6. The van der Waals surface area contributed by atoms with Crippen LogP contribution >= 0.6 is 0 Å². The van der Waals surface area contributed by atoms with Gasteiger partial charge in [-0.2, -0.15) is 22.8 Å². The molecule has 118 valence electrons. The van der Waals surface area contributed by atoms with E-state index in [4.69, 9.17) is 5.73 Å². The zero-order chi connectivity index (χ0) is 16.4. The van der Waals surface area contributed by atoms with Gasteiger partial charge < -0.3 is 11.1 Å². The third-order valence-electron chi connectivity index (χ3n) is 3.09. The lowest BCUT2D eigenvalue weighted by Gasteiger charge is -2.10. The minimum Gasteiger partial charge on any atom is -0.366 e. The fourth-order valence-corrected chi connectivity index (χ4v) is 2.03. The number of nitrogens with zero attached hydrogens (tertiary/aromatic N) is 3. The molecule has 23 heavy (non-hydrogen) atoms. The normalized spacial score (nSPS) is 11.4. The van der Waals surface area contributed by atoms with Crippen LogP contribution in [0.4, 0.5) is 30.8 Å². The van der Waals surface area contributed by atoms with E-state index in [-0.39, 0.29) is 5.95 Å². The van der Waals surface area contributed by atoms with E-state index in [0.29, 0.717) is 11.6 Å². The minimum absolute atomic E-state index is 0.0170. The quantitative estimate of drug-likeness (QED) is 0.774. The van der Waals surface area contributed by atoms with E-state index >= 15 is 0 Å². The van der Waals surface area contributed by atoms with Crippen LogP contribution in [0.2, 0.25) is 0 Å². The zero-order valence-corrected chi connectivity index (χ0v) is 11.7. The SMILES string of the molecule is Nc1nc(Nc2ccccc2)n(-c2ccc(C(F)(F)F)cc2)n1. The first-order valence-electron chi connectivity index (χ1n) is 6.66. The lowest BCUT2D eigenvalue weighted by atomic mass is 10.2. The van der Waals surface area contributed by atoms with Crippen molar-refractivity contribution in [1.29, 1.82) is 0 Å². The number of hydrogen-bond acceptors (Lipinski definition) is 4. The van der Waals surface area contributed by atoms with Crippen LogP contribution in [0.25, 0.3) is 5.69 Å². The molecule has 0 bridgehead atoms. The second-order valence-corrected chi connectivity index (χ2v) is 4.74. The Balaban J connectivity index is 1.94. The molecule has 1 heterocycles. The van der Waals surface area contributed by atoms with Gasteiger partial charge in [-0.3, -0.25) is 0 Å². The van der Waals surface area contributed by atoms with E-state index in [1.54, 1.807) is 0 Å². The van der Waals surface area contributed by atoms with Gasteiger partial charge in [-0.15, -0.1) is 5.10 Å². The van der Waals surface area contributed by atoms with Crippen LogP contribution in [0.3, 0.4) is 0 Å². The van der Waals surface area contributed by atoms with Crippen molar-refractivity contribution in [3.63, 3.8) is 0 Å². The second-order valence-electron chi connectivity index (χ2n) is 4.74. The Bertz CT molecular complexity index is 794. The Morgan fingerprint density at radius 3 is 2.22 bits per heavy atom.